The van der Waals surface area contributed by atoms with Crippen molar-refractivity contribution in [3.05, 3.63) is 24.3 Å². The predicted octanol–water partition coefficient (Wildman–Crippen LogP) is 5.35. The molecule has 0 saturated carbocycles. The topological polar surface area (TPSA) is 85.9 Å². The Morgan fingerprint density at radius 3 is 1.02 bits per heavy atom. The van der Waals surface area contributed by atoms with Gasteiger partial charge in [0.1, 0.15) is 0 Å². The fourth-order valence-corrected chi connectivity index (χ4v) is 4.67. The maximum absolute atomic E-state index is 5.44. The van der Waals surface area contributed by atoms with E-state index in [1.807, 2.05) is 24.3 Å². The Labute approximate surface area is 275 Å². The summed E-state index contributed by atoms with van der Waals surface area (Å²) in [6, 6.07) is 7.76. The fourth-order valence-electron chi connectivity index (χ4n) is 4.67. The molecule has 3 rings (SSSR count). The van der Waals surface area contributed by atoms with Crippen molar-refractivity contribution in [1.29, 1.82) is 0 Å². The number of piperazine rings is 1. The number of hydrogen-bond donors (Lipinski definition) is 2. The average Bonchev–Trinajstić information content (AvgIpc) is 2.96. The molecule has 0 amide bonds. The molecule has 0 radical (unpaired) electrons. The minimum Gasteiger partial charge on any atom is -0.493 e. The summed E-state index contributed by atoms with van der Waals surface area (Å²) in [5.74, 6) is 3.84. The molecule has 14 heteroatoms. The van der Waals surface area contributed by atoms with Gasteiger partial charge < -0.3 is 48.9 Å². The number of hydrogen-bond acceptors (Lipinski definition) is 10. The molecule has 1 fully saturated rings. The van der Waals surface area contributed by atoms with Crippen LogP contribution in [-0.2, 0) is 0 Å². The van der Waals surface area contributed by atoms with Crippen molar-refractivity contribution in [2.24, 2.45) is 0 Å². The Bertz CT molecular complexity index is 887. The molecule has 0 spiro atoms. The van der Waals surface area contributed by atoms with E-state index in [0.29, 0.717) is 34.5 Å². The largest absolute Gasteiger partial charge is 0.493 e. The predicted molar refractivity (Wildman–Crippen MR) is 180 cm³/mol. The van der Waals surface area contributed by atoms with Gasteiger partial charge in [0.05, 0.1) is 42.7 Å². The summed E-state index contributed by atoms with van der Waals surface area (Å²) in [5, 5.41) is 6.96. The van der Waals surface area contributed by atoms with Crippen LogP contribution >= 0.6 is 49.6 Å². The van der Waals surface area contributed by atoms with Crippen molar-refractivity contribution in [3.8, 4) is 34.5 Å². The molecular weight excluding hydrogens is 630 g/mol. The van der Waals surface area contributed by atoms with Gasteiger partial charge in [0.2, 0.25) is 11.5 Å². The van der Waals surface area contributed by atoms with Crippen LogP contribution in [0.3, 0.4) is 0 Å². The normalized spacial score (nSPS) is 12.7. The lowest BCUT2D eigenvalue weighted by Crippen LogP contribution is -2.47. The maximum Gasteiger partial charge on any atom is 0.203 e. The second kappa shape index (κ2) is 22.5. The SMILES string of the molecule is COc1cc(NCCCN2CCN(CCCNc3cc(OC)c(OC)c(OC)c3)CC2)cc(OC)c1OC.Cl.Cl.Cl.Cl. The van der Waals surface area contributed by atoms with Crippen LogP contribution < -0.4 is 39.1 Å². The van der Waals surface area contributed by atoms with Gasteiger partial charge in [-0.2, -0.15) is 0 Å². The van der Waals surface area contributed by atoms with Crippen LogP contribution in [0.5, 0.6) is 34.5 Å². The number of anilines is 2. The zero-order valence-electron chi connectivity index (χ0n) is 25.4. The molecule has 0 aromatic heterocycles. The number of methoxy groups -OCH3 is 6. The Balaban J connectivity index is 0. The van der Waals surface area contributed by atoms with Crippen molar-refractivity contribution in [2.75, 3.05) is 106 Å². The quantitative estimate of drug-likeness (QED) is 0.227. The Morgan fingerprint density at radius 2 is 0.786 bits per heavy atom. The second-order valence-corrected chi connectivity index (χ2v) is 9.07. The molecule has 2 aromatic carbocycles. The summed E-state index contributed by atoms with van der Waals surface area (Å²) >= 11 is 0. The molecule has 1 saturated heterocycles. The smallest absolute Gasteiger partial charge is 0.203 e. The fraction of sp³-hybridized carbons (Fsp3) is 0.571. The van der Waals surface area contributed by atoms with Crippen LogP contribution in [0.25, 0.3) is 0 Å². The van der Waals surface area contributed by atoms with E-state index in [0.717, 1.165) is 76.6 Å². The lowest BCUT2D eigenvalue weighted by molar-refractivity contribution is 0.132. The maximum atomic E-state index is 5.44. The Hall–Kier alpha value is -2.08. The van der Waals surface area contributed by atoms with E-state index in [-0.39, 0.29) is 49.6 Å². The van der Waals surface area contributed by atoms with E-state index in [2.05, 4.69) is 20.4 Å². The van der Waals surface area contributed by atoms with E-state index < -0.39 is 0 Å². The molecule has 0 bridgehead atoms. The molecule has 2 aromatic rings. The molecule has 244 valence electrons. The van der Waals surface area contributed by atoms with E-state index in [1.54, 1.807) is 42.7 Å². The van der Waals surface area contributed by atoms with E-state index in [4.69, 9.17) is 28.4 Å². The highest BCUT2D eigenvalue weighted by atomic mass is 35.5. The van der Waals surface area contributed by atoms with E-state index >= 15 is 0 Å². The van der Waals surface area contributed by atoms with Gasteiger partial charge in [0.25, 0.3) is 0 Å². The third-order valence-electron chi connectivity index (χ3n) is 6.75. The van der Waals surface area contributed by atoms with Crippen LogP contribution in [0.4, 0.5) is 11.4 Å². The average molecular weight is 679 g/mol. The molecule has 1 aliphatic heterocycles. The van der Waals surface area contributed by atoms with Gasteiger partial charge >= 0.3 is 0 Å². The van der Waals surface area contributed by atoms with Crippen molar-refractivity contribution >= 4 is 61.0 Å². The lowest BCUT2D eigenvalue weighted by atomic mass is 10.2. The number of ether oxygens (including phenoxy) is 6. The third kappa shape index (κ3) is 11.9. The van der Waals surface area contributed by atoms with Crippen molar-refractivity contribution < 1.29 is 28.4 Å². The Kier molecular flexibility index (Phi) is 22.5. The van der Waals surface area contributed by atoms with Crippen LogP contribution in [0.1, 0.15) is 12.8 Å². The van der Waals surface area contributed by atoms with E-state index in [1.165, 1.54) is 0 Å². The van der Waals surface area contributed by atoms with Crippen LogP contribution in [-0.4, -0.2) is 105 Å². The zero-order valence-corrected chi connectivity index (χ0v) is 28.6. The summed E-state index contributed by atoms with van der Waals surface area (Å²) in [6.45, 7) is 8.32. The van der Waals surface area contributed by atoms with E-state index in [9.17, 15) is 0 Å². The molecular formula is C28H48Cl4N4O6. The zero-order chi connectivity index (χ0) is 27.3. The standard InChI is InChI=1S/C28H44N4O6.4ClH/c1-33-23-17-21(18-24(34-2)27(23)37-5)29-9-7-11-31-13-15-32(16-14-31)12-8-10-30-22-19-25(35-3)28(38-6)26(20-22)36-4;;;;/h17-20,29-30H,7-16H2,1-6H3;4*1H. The van der Waals surface area contributed by atoms with Gasteiger partial charge in [0, 0.05) is 74.9 Å². The number of rotatable bonds is 16. The van der Waals surface area contributed by atoms with Gasteiger partial charge in [-0.05, 0) is 25.9 Å². The summed E-state index contributed by atoms with van der Waals surface area (Å²) in [5.41, 5.74) is 1.92. The number of nitrogens with zero attached hydrogens (tertiary/aromatic N) is 2. The van der Waals surface area contributed by atoms with Crippen LogP contribution in [0.15, 0.2) is 24.3 Å². The van der Waals surface area contributed by atoms with Crippen molar-refractivity contribution in [2.45, 2.75) is 12.8 Å². The highest BCUT2D eigenvalue weighted by molar-refractivity contribution is 5.86. The highest BCUT2D eigenvalue weighted by Crippen LogP contribution is 2.40. The third-order valence-corrected chi connectivity index (χ3v) is 6.75. The Morgan fingerprint density at radius 1 is 0.500 bits per heavy atom. The van der Waals surface area contributed by atoms with Gasteiger partial charge in [-0.1, -0.05) is 0 Å². The number of nitrogens with one attached hydrogen (secondary N) is 2. The first-order chi connectivity index (χ1) is 18.6. The second-order valence-electron chi connectivity index (χ2n) is 9.07. The molecule has 1 aliphatic rings. The van der Waals surface area contributed by atoms with Gasteiger partial charge in [-0.25, -0.2) is 0 Å². The number of halogens is 4. The first kappa shape index (κ1) is 42.1. The molecule has 10 nitrogen and oxygen atoms in total. The molecule has 1 heterocycles. The van der Waals surface area contributed by atoms with Gasteiger partial charge in [0.15, 0.2) is 23.0 Å². The number of benzene rings is 2. The minimum absolute atomic E-state index is 0. The summed E-state index contributed by atoms with van der Waals surface area (Å²) in [6.07, 6.45) is 2.13. The van der Waals surface area contributed by atoms with Gasteiger partial charge in [-0.3, -0.25) is 0 Å². The molecule has 0 unspecified atom stereocenters. The van der Waals surface area contributed by atoms with Crippen molar-refractivity contribution in [3.63, 3.8) is 0 Å². The molecule has 2 N–H and O–H groups in total. The first-order valence-electron chi connectivity index (χ1n) is 13.1. The molecule has 42 heavy (non-hydrogen) atoms. The first-order valence-corrected chi connectivity index (χ1v) is 13.1. The molecule has 0 atom stereocenters. The lowest BCUT2D eigenvalue weighted by Gasteiger charge is -2.34. The monoisotopic (exact) mass is 676 g/mol. The molecule has 0 aliphatic carbocycles. The van der Waals surface area contributed by atoms with Crippen molar-refractivity contribution in [1.82, 2.24) is 9.80 Å². The minimum atomic E-state index is 0. The summed E-state index contributed by atoms with van der Waals surface area (Å²) in [4.78, 5) is 5.09. The highest BCUT2D eigenvalue weighted by Gasteiger charge is 2.17. The van der Waals surface area contributed by atoms with Crippen LogP contribution in [0, 0.1) is 0 Å². The van der Waals surface area contributed by atoms with Gasteiger partial charge in [-0.15, -0.1) is 49.6 Å². The summed E-state index contributed by atoms with van der Waals surface area (Å²) < 4.78 is 32.6. The van der Waals surface area contributed by atoms with Crippen LogP contribution in [0.2, 0.25) is 0 Å². The summed E-state index contributed by atoms with van der Waals surface area (Å²) in [7, 11) is 9.75.